The summed E-state index contributed by atoms with van der Waals surface area (Å²) in [7, 11) is 0. The number of carboxylic acids is 1. The Morgan fingerprint density at radius 2 is 2.00 bits per heavy atom. The van der Waals surface area contributed by atoms with Crippen molar-refractivity contribution in [1.29, 1.82) is 0 Å². The zero-order valence-corrected chi connectivity index (χ0v) is 15.7. The molecule has 0 aromatic heterocycles. The topological polar surface area (TPSA) is 80.4 Å². The van der Waals surface area contributed by atoms with Crippen LogP contribution in [0, 0.1) is 10.1 Å². The molecule has 1 N–H and O–H groups in total. The Labute approximate surface area is 149 Å². The molecule has 0 saturated heterocycles. The Morgan fingerprint density at radius 3 is 2.58 bits per heavy atom. The van der Waals surface area contributed by atoms with Crippen molar-refractivity contribution in [2.24, 2.45) is 0 Å². The summed E-state index contributed by atoms with van der Waals surface area (Å²) in [6, 6.07) is 8.60. The van der Waals surface area contributed by atoms with Gasteiger partial charge in [0.2, 0.25) is 0 Å². The zero-order valence-electron chi connectivity index (χ0n) is 14.0. The molecule has 0 radical (unpaired) electrons. The van der Waals surface area contributed by atoms with E-state index in [-0.39, 0.29) is 19.8 Å². The van der Waals surface area contributed by atoms with Crippen LogP contribution in [0.5, 0.6) is 0 Å². The van der Waals surface area contributed by atoms with E-state index < -0.39 is 23.4 Å². The normalized spacial score (nSPS) is 13.7. The monoisotopic (exact) mass is 399 g/mol. The maximum absolute atomic E-state index is 11.4. The molecule has 6 heteroatoms. The number of hydrogen-bond acceptors (Lipinski definition) is 3. The van der Waals surface area contributed by atoms with E-state index in [1.807, 2.05) is 36.4 Å². The molecule has 0 aliphatic carbocycles. The average Bonchev–Trinajstić information content (AvgIpc) is 2.55. The molecule has 0 spiro atoms. The van der Waals surface area contributed by atoms with E-state index in [0.29, 0.717) is 6.42 Å². The Balaban J connectivity index is 2.77. The van der Waals surface area contributed by atoms with Crippen LogP contribution in [0.15, 0.2) is 42.5 Å². The second-order valence-electron chi connectivity index (χ2n) is 5.62. The van der Waals surface area contributed by atoms with Gasteiger partial charge in [-0.3, -0.25) is 0 Å². The van der Waals surface area contributed by atoms with Crippen molar-refractivity contribution >= 4 is 25.4 Å². The van der Waals surface area contributed by atoms with E-state index in [0.717, 1.165) is 23.7 Å². The number of benzene rings is 1. The summed E-state index contributed by atoms with van der Waals surface area (Å²) in [5.74, 6) is -1.11. The molecule has 1 aromatic carbocycles. The summed E-state index contributed by atoms with van der Waals surface area (Å²) in [5.41, 5.74) is 0. The van der Waals surface area contributed by atoms with Crippen LogP contribution in [0.3, 0.4) is 0 Å². The first kappa shape index (κ1) is 20.4. The number of nitrogens with zero attached hydrogens (tertiary/aromatic N) is 1. The van der Waals surface area contributed by atoms with Gasteiger partial charge in [-0.25, -0.2) is 0 Å². The Hall–Kier alpha value is -1.65. The van der Waals surface area contributed by atoms with Gasteiger partial charge < -0.3 is 0 Å². The molecule has 0 aliphatic rings. The van der Waals surface area contributed by atoms with Gasteiger partial charge in [0.25, 0.3) is 0 Å². The van der Waals surface area contributed by atoms with Crippen LogP contribution in [0.2, 0.25) is 4.82 Å². The predicted molar refractivity (Wildman–Crippen MR) is 96.5 cm³/mol. The number of carbonyl (C=O) groups is 1. The molecule has 24 heavy (non-hydrogen) atoms. The van der Waals surface area contributed by atoms with Gasteiger partial charge >= 0.3 is 149 Å². The molecule has 0 fully saturated rings. The number of nitro groups is 1. The Bertz CT molecular complexity index is 533. The Morgan fingerprint density at radius 1 is 1.29 bits per heavy atom. The van der Waals surface area contributed by atoms with Crippen LogP contribution in [-0.4, -0.2) is 37.0 Å². The van der Waals surface area contributed by atoms with Crippen LogP contribution < -0.4 is 4.46 Å². The van der Waals surface area contributed by atoms with Gasteiger partial charge in [0.1, 0.15) is 0 Å². The minimum atomic E-state index is -1.11. The third-order valence-electron chi connectivity index (χ3n) is 3.62. The summed E-state index contributed by atoms with van der Waals surface area (Å²) >= 11 is -0.137. The molecule has 132 valence electrons. The number of carboxylic acid groups (broad SMARTS) is 1. The standard InChI is InChI=1S/C18H25NO4Se/c1-2-3-4-5-6-10-13-17(16(19(22)23)14-18(20)21)24-15-11-8-7-9-12-15/h6-12,16-17H,2-5,13-14H2,1H3,(H,20,21)/b10-6-. The van der Waals surface area contributed by atoms with Crippen molar-refractivity contribution in [3.8, 4) is 0 Å². The van der Waals surface area contributed by atoms with Gasteiger partial charge in [0.05, 0.1) is 0 Å². The summed E-state index contributed by atoms with van der Waals surface area (Å²) in [6.07, 6.45) is 8.63. The fourth-order valence-electron chi connectivity index (χ4n) is 2.34. The molecule has 1 aromatic rings. The fraction of sp³-hybridized carbons (Fsp3) is 0.500. The third kappa shape index (κ3) is 8.27. The van der Waals surface area contributed by atoms with E-state index in [4.69, 9.17) is 5.11 Å². The quantitative estimate of drug-likeness (QED) is 0.192. The molecule has 0 aliphatic heterocycles. The minimum absolute atomic E-state index is 0.137. The average molecular weight is 398 g/mol. The predicted octanol–water partition coefficient (Wildman–Crippen LogP) is 3.45. The molecule has 2 atom stereocenters. The number of rotatable bonds is 12. The number of allylic oxidation sites excluding steroid dienone is 2. The van der Waals surface area contributed by atoms with Gasteiger partial charge in [0.15, 0.2) is 0 Å². The molecule has 0 bridgehead atoms. The van der Waals surface area contributed by atoms with E-state index in [1.165, 1.54) is 6.42 Å². The molecule has 2 unspecified atom stereocenters. The number of aliphatic carboxylic acids is 1. The van der Waals surface area contributed by atoms with Crippen molar-refractivity contribution in [2.45, 2.75) is 56.3 Å². The second kappa shape index (κ2) is 11.8. The van der Waals surface area contributed by atoms with Crippen LogP contribution in [-0.2, 0) is 4.79 Å². The first-order valence-electron chi connectivity index (χ1n) is 8.26. The van der Waals surface area contributed by atoms with Crippen molar-refractivity contribution in [3.63, 3.8) is 0 Å². The fourth-order valence-corrected chi connectivity index (χ4v) is 4.91. The first-order chi connectivity index (χ1) is 11.5. The second-order valence-corrected chi connectivity index (χ2v) is 8.38. The van der Waals surface area contributed by atoms with E-state index in [2.05, 4.69) is 13.0 Å². The van der Waals surface area contributed by atoms with Crippen LogP contribution >= 0.6 is 0 Å². The number of hydrogen-bond donors (Lipinski definition) is 1. The van der Waals surface area contributed by atoms with Crippen molar-refractivity contribution in [2.75, 3.05) is 0 Å². The van der Waals surface area contributed by atoms with Crippen LogP contribution in [0.25, 0.3) is 0 Å². The van der Waals surface area contributed by atoms with E-state index in [9.17, 15) is 14.9 Å². The molecule has 1 rings (SSSR count). The molecule has 0 saturated carbocycles. The van der Waals surface area contributed by atoms with Gasteiger partial charge in [-0.1, -0.05) is 0 Å². The van der Waals surface area contributed by atoms with E-state index >= 15 is 0 Å². The van der Waals surface area contributed by atoms with Crippen molar-refractivity contribution in [1.82, 2.24) is 0 Å². The van der Waals surface area contributed by atoms with Gasteiger partial charge in [-0.2, -0.15) is 0 Å². The maximum atomic E-state index is 11.4. The summed E-state index contributed by atoms with van der Waals surface area (Å²) in [4.78, 5) is 21.7. The summed E-state index contributed by atoms with van der Waals surface area (Å²) in [5, 5.41) is 20.4. The van der Waals surface area contributed by atoms with E-state index in [1.54, 1.807) is 0 Å². The summed E-state index contributed by atoms with van der Waals surface area (Å²) in [6.45, 7) is 2.15. The molecule has 0 heterocycles. The summed E-state index contributed by atoms with van der Waals surface area (Å²) < 4.78 is 1.06. The third-order valence-corrected chi connectivity index (χ3v) is 6.46. The zero-order chi connectivity index (χ0) is 17.8. The molecular weight excluding hydrogens is 373 g/mol. The molecule has 0 amide bonds. The molecule has 5 nitrogen and oxygen atoms in total. The van der Waals surface area contributed by atoms with Gasteiger partial charge in [0, 0.05) is 0 Å². The van der Waals surface area contributed by atoms with Crippen molar-refractivity contribution < 1.29 is 14.8 Å². The Kier molecular flexibility index (Phi) is 10.0. The van der Waals surface area contributed by atoms with Crippen LogP contribution in [0.4, 0.5) is 0 Å². The van der Waals surface area contributed by atoms with Crippen LogP contribution in [0.1, 0.15) is 45.4 Å². The van der Waals surface area contributed by atoms with Gasteiger partial charge in [-0.05, 0) is 0 Å². The van der Waals surface area contributed by atoms with Gasteiger partial charge in [-0.15, -0.1) is 0 Å². The molecular formula is C18H25NO4Se. The number of unbranched alkanes of at least 4 members (excludes halogenated alkanes) is 3. The van der Waals surface area contributed by atoms with Crippen molar-refractivity contribution in [3.05, 3.63) is 52.6 Å². The first-order valence-corrected chi connectivity index (χ1v) is 10.1. The SMILES string of the molecule is CCCCC/C=C\CC([Se]c1ccccc1)C(CC(=O)O)[N+](=O)[O-].